The summed E-state index contributed by atoms with van der Waals surface area (Å²) in [6.45, 7) is 3.68. The van der Waals surface area contributed by atoms with Gasteiger partial charge in [-0.1, -0.05) is 0 Å². The maximum atomic E-state index is 15.2. The van der Waals surface area contributed by atoms with E-state index in [-0.39, 0.29) is 11.8 Å². The molecule has 2 saturated heterocycles. The SMILES string of the molecule is Cc1nnn(-c2ccc(-c3cnc(N(C)[C@@H]4C[C@H]5CC[C@](C)(N5)[C@H]4F)nn3)c(O)c2)n1. The monoisotopic (exact) mass is 425 g/mol. The number of rotatable bonds is 4. The Hall–Kier alpha value is -3.21. The molecule has 2 bridgehead atoms. The molecule has 4 atom stereocenters. The van der Waals surface area contributed by atoms with Crippen molar-refractivity contribution >= 4 is 5.95 Å². The van der Waals surface area contributed by atoms with E-state index in [4.69, 9.17) is 0 Å². The number of hydrogen-bond donors (Lipinski definition) is 2. The highest BCUT2D eigenvalue weighted by molar-refractivity contribution is 5.67. The summed E-state index contributed by atoms with van der Waals surface area (Å²) in [5.74, 6) is 0.889. The Morgan fingerprint density at radius 1 is 1.29 bits per heavy atom. The van der Waals surface area contributed by atoms with Crippen LogP contribution in [0, 0.1) is 6.92 Å². The number of phenols is 1. The molecule has 2 aliphatic heterocycles. The number of benzene rings is 1. The minimum Gasteiger partial charge on any atom is -0.507 e. The summed E-state index contributed by atoms with van der Waals surface area (Å²) in [6, 6.07) is 4.98. The quantitative estimate of drug-likeness (QED) is 0.642. The van der Waals surface area contributed by atoms with E-state index in [1.807, 2.05) is 6.92 Å². The summed E-state index contributed by atoms with van der Waals surface area (Å²) < 4.78 is 15.2. The van der Waals surface area contributed by atoms with Gasteiger partial charge in [0, 0.05) is 30.3 Å². The molecule has 2 aliphatic rings. The number of aryl methyl sites for hydroxylation is 1. The van der Waals surface area contributed by atoms with E-state index in [0.717, 1.165) is 12.8 Å². The molecule has 0 radical (unpaired) electrons. The Kier molecular flexibility index (Phi) is 4.58. The molecule has 31 heavy (non-hydrogen) atoms. The Morgan fingerprint density at radius 3 is 2.81 bits per heavy atom. The van der Waals surface area contributed by atoms with Gasteiger partial charge in [0.2, 0.25) is 5.95 Å². The van der Waals surface area contributed by atoms with E-state index in [0.29, 0.717) is 41.2 Å². The summed E-state index contributed by atoms with van der Waals surface area (Å²) in [5, 5.41) is 34.2. The number of anilines is 1. The maximum absolute atomic E-state index is 15.2. The number of nitrogens with one attached hydrogen (secondary N) is 1. The fraction of sp³-hybridized carbons (Fsp3) is 0.500. The molecule has 1 aromatic carbocycles. The van der Waals surface area contributed by atoms with Gasteiger partial charge in [-0.05, 0) is 50.5 Å². The first kappa shape index (κ1) is 19.7. The van der Waals surface area contributed by atoms with Crippen LogP contribution >= 0.6 is 0 Å². The van der Waals surface area contributed by atoms with Gasteiger partial charge in [0.25, 0.3) is 0 Å². The third kappa shape index (κ3) is 3.38. The molecule has 4 heterocycles. The number of piperidine rings is 1. The number of halogens is 1. The highest BCUT2D eigenvalue weighted by Gasteiger charge is 2.51. The van der Waals surface area contributed by atoms with Crippen molar-refractivity contribution in [3.05, 3.63) is 30.2 Å². The first-order valence-corrected chi connectivity index (χ1v) is 10.3. The predicted octanol–water partition coefficient (Wildman–Crippen LogP) is 1.59. The molecule has 10 nitrogen and oxygen atoms in total. The Labute approximate surface area is 178 Å². The molecule has 0 spiro atoms. The Morgan fingerprint density at radius 2 is 2.13 bits per heavy atom. The molecular formula is C20H24FN9O. The van der Waals surface area contributed by atoms with Crippen molar-refractivity contribution < 1.29 is 9.50 Å². The van der Waals surface area contributed by atoms with Crippen LogP contribution < -0.4 is 10.2 Å². The van der Waals surface area contributed by atoms with Crippen molar-refractivity contribution in [1.82, 2.24) is 40.7 Å². The van der Waals surface area contributed by atoms with E-state index in [2.05, 4.69) is 35.9 Å². The second-order valence-corrected chi connectivity index (χ2v) is 8.58. The number of fused-ring (bicyclic) bond motifs is 2. The van der Waals surface area contributed by atoms with Gasteiger partial charge in [-0.2, -0.15) is 0 Å². The summed E-state index contributed by atoms with van der Waals surface area (Å²) in [5.41, 5.74) is 0.964. The van der Waals surface area contributed by atoms with Crippen LogP contribution in [0.1, 0.15) is 32.0 Å². The van der Waals surface area contributed by atoms with Gasteiger partial charge in [0.1, 0.15) is 17.6 Å². The lowest BCUT2D eigenvalue weighted by Gasteiger charge is -2.43. The lowest BCUT2D eigenvalue weighted by molar-refractivity contribution is 0.111. The highest BCUT2D eigenvalue weighted by Crippen LogP contribution is 2.39. The van der Waals surface area contributed by atoms with Crippen LogP contribution in [-0.4, -0.2) is 71.3 Å². The molecule has 0 aliphatic carbocycles. The van der Waals surface area contributed by atoms with Crippen molar-refractivity contribution in [2.45, 2.75) is 56.9 Å². The number of hydrogen-bond acceptors (Lipinski definition) is 9. The average molecular weight is 425 g/mol. The van der Waals surface area contributed by atoms with Crippen LogP contribution in [0.2, 0.25) is 0 Å². The van der Waals surface area contributed by atoms with Gasteiger partial charge in [-0.25, -0.2) is 9.37 Å². The number of aromatic nitrogens is 7. The number of aromatic hydroxyl groups is 1. The molecule has 2 fully saturated rings. The fourth-order valence-electron chi connectivity index (χ4n) is 4.63. The normalized spacial score (nSPS) is 27.4. The van der Waals surface area contributed by atoms with Crippen LogP contribution in [0.4, 0.5) is 10.3 Å². The van der Waals surface area contributed by atoms with E-state index in [9.17, 15) is 5.11 Å². The van der Waals surface area contributed by atoms with Gasteiger partial charge in [-0.3, -0.25) is 0 Å². The third-order valence-corrected chi connectivity index (χ3v) is 6.38. The second kappa shape index (κ2) is 7.19. The van der Waals surface area contributed by atoms with Crippen LogP contribution in [0.15, 0.2) is 24.4 Å². The highest BCUT2D eigenvalue weighted by atomic mass is 19.1. The number of tetrazole rings is 1. The lowest BCUT2D eigenvalue weighted by Crippen LogP contribution is -2.62. The second-order valence-electron chi connectivity index (χ2n) is 8.58. The molecule has 2 N–H and O–H groups in total. The zero-order valence-corrected chi connectivity index (χ0v) is 17.6. The van der Waals surface area contributed by atoms with Crippen molar-refractivity contribution in [2.75, 3.05) is 11.9 Å². The zero-order chi connectivity index (χ0) is 21.8. The van der Waals surface area contributed by atoms with E-state index in [1.165, 1.54) is 17.1 Å². The number of nitrogens with zero attached hydrogens (tertiary/aromatic N) is 8. The molecule has 0 saturated carbocycles. The van der Waals surface area contributed by atoms with Gasteiger partial charge >= 0.3 is 0 Å². The molecule has 162 valence electrons. The molecule has 11 heteroatoms. The van der Waals surface area contributed by atoms with Gasteiger partial charge < -0.3 is 15.3 Å². The minimum absolute atomic E-state index is 0.00339. The van der Waals surface area contributed by atoms with Gasteiger partial charge in [0.05, 0.1) is 17.9 Å². The van der Waals surface area contributed by atoms with Crippen LogP contribution in [0.25, 0.3) is 16.9 Å². The third-order valence-electron chi connectivity index (χ3n) is 6.38. The van der Waals surface area contributed by atoms with Crippen LogP contribution in [0.3, 0.4) is 0 Å². The van der Waals surface area contributed by atoms with E-state index < -0.39 is 11.7 Å². The smallest absolute Gasteiger partial charge is 0.245 e. The van der Waals surface area contributed by atoms with Crippen molar-refractivity contribution in [3.8, 4) is 22.7 Å². The maximum Gasteiger partial charge on any atom is 0.245 e. The molecule has 3 aromatic rings. The summed E-state index contributed by atoms with van der Waals surface area (Å²) in [4.78, 5) is 7.51. The van der Waals surface area contributed by atoms with E-state index >= 15 is 4.39 Å². The van der Waals surface area contributed by atoms with Crippen molar-refractivity contribution in [1.29, 1.82) is 0 Å². The fourth-order valence-corrected chi connectivity index (χ4v) is 4.63. The summed E-state index contributed by atoms with van der Waals surface area (Å²) in [7, 11) is 1.81. The first-order valence-electron chi connectivity index (χ1n) is 10.3. The van der Waals surface area contributed by atoms with E-state index in [1.54, 1.807) is 31.0 Å². The predicted molar refractivity (Wildman–Crippen MR) is 111 cm³/mol. The lowest BCUT2D eigenvalue weighted by atomic mass is 9.86. The number of phenolic OH excluding ortho intramolecular Hbond substituents is 1. The number of alkyl halides is 1. The minimum atomic E-state index is -1.02. The van der Waals surface area contributed by atoms with Gasteiger partial charge in [0.15, 0.2) is 5.82 Å². The molecule has 0 unspecified atom stereocenters. The Bertz CT molecular complexity index is 1100. The standard InChI is InChI=1S/C20H24FN9O/c1-11-24-28-30(27-11)13-4-5-14(17(31)9-13)15-10-22-19(26-25-15)29(3)16-8-12-6-7-20(2,23-12)18(16)21/h4-5,9-10,12,16,18,23,31H,6-8H2,1-3H3/t12-,16-,18+,20+/m1/s1. The van der Waals surface area contributed by atoms with Crippen molar-refractivity contribution in [3.63, 3.8) is 0 Å². The molecular weight excluding hydrogens is 401 g/mol. The Balaban J connectivity index is 1.36. The summed E-state index contributed by atoms with van der Waals surface area (Å²) in [6.07, 6.45) is 3.04. The van der Waals surface area contributed by atoms with Crippen LogP contribution in [0.5, 0.6) is 5.75 Å². The summed E-state index contributed by atoms with van der Waals surface area (Å²) >= 11 is 0. The molecule has 0 amide bonds. The molecule has 5 rings (SSSR count). The first-order chi connectivity index (χ1) is 14.8. The van der Waals surface area contributed by atoms with Gasteiger partial charge in [-0.15, -0.1) is 25.2 Å². The average Bonchev–Trinajstić information content (AvgIpc) is 3.34. The molecule has 2 aromatic heterocycles. The largest absolute Gasteiger partial charge is 0.507 e. The van der Waals surface area contributed by atoms with Crippen LogP contribution in [-0.2, 0) is 0 Å². The van der Waals surface area contributed by atoms with Crippen molar-refractivity contribution in [2.24, 2.45) is 0 Å². The zero-order valence-electron chi connectivity index (χ0n) is 17.6. The topological polar surface area (TPSA) is 118 Å².